The molecule has 1 amide bonds. The number of rotatable bonds is 5. The van der Waals surface area contributed by atoms with Crippen LogP contribution in [0.2, 0.25) is 0 Å². The number of nitrogens with zero attached hydrogens (tertiary/aromatic N) is 1. The second kappa shape index (κ2) is 6.95. The summed E-state index contributed by atoms with van der Waals surface area (Å²) in [5.41, 5.74) is 0.701. The highest BCUT2D eigenvalue weighted by molar-refractivity contribution is 5.73. The summed E-state index contributed by atoms with van der Waals surface area (Å²) in [4.78, 5) is 13.5. The van der Waals surface area contributed by atoms with Gasteiger partial charge in [-0.15, -0.1) is 0 Å². The number of carbonyl (C=O) groups excluding carboxylic acids is 1. The number of ether oxygens (including phenoxy) is 1. The molecule has 1 aliphatic rings. The van der Waals surface area contributed by atoms with Crippen molar-refractivity contribution in [1.29, 1.82) is 0 Å². The first-order chi connectivity index (χ1) is 10.0. The van der Waals surface area contributed by atoms with E-state index in [4.69, 9.17) is 4.74 Å². The van der Waals surface area contributed by atoms with Gasteiger partial charge in [-0.25, -0.2) is 8.78 Å². The molecule has 21 heavy (non-hydrogen) atoms. The quantitative estimate of drug-likeness (QED) is 0.896. The molecule has 0 aliphatic carbocycles. The molecule has 0 aromatic heterocycles. The van der Waals surface area contributed by atoms with E-state index in [-0.39, 0.29) is 17.9 Å². The number of hydrogen-bond acceptors (Lipinski definition) is 3. The van der Waals surface area contributed by atoms with Crippen molar-refractivity contribution >= 4 is 5.91 Å². The molecular weight excluding hydrogens is 278 g/mol. The standard InChI is InChI=1S/C15H20F2N2O2/c1-10(20)18-15-9-19(5-6-21-2)8-12(15)11-3-4-13(16)14(17)7-11/h3-4,7,12,15H,5-6,8-9H2,1-2H3,(H,18,20). The van der Waals surface area contributed by atoms with Crippen molar-refractivity contribution in [1.82, 2.24) is 10.2 Å². The lowest BCUT2D eigenvalue weighted by Gasteiger charge is -2.19. The molecule has 1 N–H and O–H groups in total. The van der Waals surface area contributed by atoms with Crippen molar-refractivity contribution in [3.63, 3.8) is 0 Å². The molecule has 4 nitrogen and oxygen atoms in total. The van der Waals surface area contributed by atoms with Gasteiger partial charge in [0.25, 0.3) is 0 Å². The van der Waals surface area contributed by atoms with Crippen LogP contribution in [0.3, 0.4) is 0 Å². The van der Waals surface area contributed by atoms with E-state index < -0.39 is 11.6 Å². The second-order valence-corrected chi connectivity index (χ2v) is 5.34. The van der Waals surface area contributed by atoms with Gasteiger partial charge in [0.05, 0.1) is 6.61 Å². The van der Waals surface area contributed by atoms with Gasteiger partial charge in [0.1, 0.15) is 0 Å². The van der Waals surface area contributed by atoms with Gasteiger partial charge in [0, 0.05) is 45.6 Å². The van der Waals surface area contributed by atoms with Crippen LogP contribution in [0, 0.1) is 11.6 Å². The van der Waals surface area contributed by atoms with Gasteiger partial charge in [-0.1, -0.05) is 6.07 Å². The Kier molecular flexibility index (Phi) is 5.25. The number of carbonyl (C=O) groups is 1. The van der Waals surface area contributed by atoms with Crippen LogP contribution in [0.4, 0.5) is 8.78 Å². The third kappa shape index (κ3) is 3.98. The van der Waals surface area contributed by atoms with E-state index >= 15 is 0 Å². The fraction of sp³-hybridized carbons (Fsp3) is 0.533. The zero-order chi connectivity index (χ0) is 15.4. The summed E-state index contributed by atoms with van der Waals surface area (Å²) < 4.78 is 31.5. The predicted octanol–water partition coefficient (Wildman–Crippen LogP) is 1.52. The molecule has 2 unspecified atom stereocenters. The molecule has 6 heteroatoms. The van der Waals surface area contributed by atoms with Crippen LogP contribution < -0.4 is 5.32 Å². The Morgan fingerprint density at radius 3 is 2.76 bits per heavy atom. The molecule has 2 atom stereocenters. The fourth-order valence-corrected chi connectivity index (χ4v) is 2.78. The summed E-state index contributed by atoms with van der Waals surface area (Å²) in [6.45, 7) is 4.15. The molecule has 1 aromatic carbocycles. The van der Waals surface area contributed by atoms with Crippen LogP contribution in [0.25, 0.3) is 0 Å². The Morgan fingerprint density at radius 1 is 1.38 bits per heavy atom. The first-order valence-electron chi connectivity index (χ1n) is 6.94. The lowest BCUT2D eigenvalue weighted by Crippen LogP contribution is -2.38. The monoisotopic (exact) mass is 298 g/mol. The van der Waals surface area contributed by atoms with Crippen LogP contribution >= 0.6 is 0 Å². The number of hydrogen-bond donors (Lipinski definition) is 1. The van der Waals surface area contributed by atoms with Crippen molar-refractivity contribution < 1.29 is 18.3 Å². The third-order valence-corrected chi connectivity index (χ3v) is 3.77. The summed E-state index contributed by atoms with van der Waals surface area (Å²) in [6, 6.07) is 3.82. The van der Waals surface area contributed by atoms with Crippen molar-refractivity contribution in [3.05, 3.63) is 35.4 Å². The molecule has 0 saturated carbocycles. The van der Waals surface area contributed by atoms with Gasteiger partial charge >= 0.3 is 0 Å². The number of methoxy groups -OCH3 is 1. The summed E-state index contributed by atoms with van der Waals surface area (Å²) in [6.07, 6.45) is 0. The molecule has 0 spiro atoms. The van der Waals surface area contributed by atoms with Crippen molar-refractivity contribution in [2.45, 2.75) is 18.9 Å². The van der Waals surface area contributed by atoms with E-state index in [9.17, 15) is 13.6 Å². The lowest BCUT2D eigenvalue weighted by atomic mass is 9.94. The highest BCUT2D eigenvalue weighted by atomic mass is 19.2. The molecule has 1 saturated heterocycles. The third-order valence-electron chi connectivity index (χ3n) is 3.77. The lowest BCUT2D eigenvalue weighted by molar-refractivity contribution is -0.119. The highest BCUT2D eigenvalue weighted by Crippen LogP contribution is 2.28. The normalized spacial score (nSPS) is 22.5. The van der Waals surface area contributed by atoms with Gasteiger partial charge < -0.3 is 10.1 Å². The van der Waals surface area contributed by atoms with E-state index in [1.165, 1.54) is 13.0 Å². The Balaban J connectivity index is 2.16. The van der Waals surface area contributed by atoms with E-state index in [1.807, 2.05) is 0 Å². The van der Waals surface area contributed by atoms with Gasteiger partial charge in [-0.2, -0.15) is 0 Å². The van der Waals surface area contributed by atoms with E-state index in [0.717, 1.165) is 12.6 Å². The molecule has 1 aromatic rings. The fourth-order valence-electron chi connectivity index (χ4n) is 2.78. The van der Waals surface area contributed by atoms with Crippen LogP contribution in [0.5, 0.6) is 0 Å². The minimum Gasteiger partial charge on any atom is -0.383 e. The van der Waals surface area contributed by atoms with Crippen molar-refractivity contribution in [3.8, 4) is 0 Å². The number of nitrogens with one attached hydrogen (secondary N) is 1. The summed E-state index contributed by atoms with van der Waals surface area (Å²) in [7, 11) is 1.63. The Bertz CT molecular complexity index is 510. The summed E-state index contributed by atoms with van der Waals surface area (Å²) in [5.74, 6) is -1.89. The Labute approximate surface area is 123 Å². The van der Waals surface area contributed by atoms with E-state index in [1.54, 1.807) is 13.2 Å². The Hall–Kier alpha value is -1.53. The minimum atomic E-state index is -0.857. The maximum Gasteiger partial charge on any atom is 0.217 e. The zero-order valence-electron chi connectivity index (χ0n) is 12.2. The van der Waals surface area contributed by atoms with Gasteiger partial charge in [0.15, 0.2) is 11.6 Å². The van der Waals surface area contributed by atoms with Gasteiger partial charge in [0.2, 0.25) is 5.91 Å². The maximum atomic E-state index is 13.4. The number of halogens is 2. The smallest absolute Gasteiger partial charge is 0.217 e. The molecule has 2 rings (SSSR count). The van der Waals surface area contributed by atoms with Crippen LogP contribution in [0.15, 0.2) is 18.2 Å². The second-order valence-electron chi connectivity index (χ2n) is 5.34. The Morgan fingerprint density at radius 2 is 2.14 bits per heavy atom. The van der Waals surface area contributed by atoms with Gasteiger partial charge in [-0.05, 0) is 17.7 Å². The molecular formula is C15H20F2N2O2. The predicted molar refractivity (Wildman–Crippen MR) is 75.0 cm³/mol. The first kappa shape index (κ1) is 15.9. The van der Waals surface area contributed by atoms with E-state index in [0.29, 0.717) is 25.3 Å². The largest absolute Gasteiger partial charge is 0.383 e. The van der Waals surface area contributed by atoms with E-state index in [2.05, 4.69) is 10.2 Å². The van der Waals surface area contributed by atoms with Crippen molar-refractivity contribution in [2.24, 2.45) is 0 Å². The number of amides is 1. The number of likely N-dealkylation sites (tertiary alicyclic amines) is 1. The number of benzene rings is 1. The molecule has 0 bridgehead atoms. The van der Waals surface area contributed by atoms with Crippen molar-refractivity contribution in [2.75, 3.05) is 33.4 Å². The molecule has 0 radical (unpaired) electrons. The van der Waals surface area contributed by atoms with Gasteiger partial charge in [-0.3, -0.25) is 9.69 Å². The van der Waals surface area contributed by atoms with Crippen LogP contribution in [-0.4, -0.2) is 50.2 Å². The molecule has 116 valence electrons. The highest BCUT2D eigenvalue weighted by Gasteiger charge is 2.34. The van der Waals surface area contributed by atoms with Crippen LogP contribution in [0.1, 0.15) is 18.4 Å². The minimum absolute atomic E-state index is 0.0548. The van der Waals surface area contributed by atoms with Crippen LogP contribution in [-0.2, 0) is 9.53 Å². The first-order valence-corrected chi connectivity index (χ1v) is 6.94. The average Bonchev–Trinajstić information content (AvgIpc) is 2.81. The zero-order valence-corrected chi connectivity index (χ0v) is 12.2. The topological polar surface area (TPSA) is 41.6 Å². The SMILES string of the molecule is COCCN1CC(NC(C)=O)C(c2ccc(F)c(F)c2)C1. The molecule has 1 fully saturated rings. The summed E-state index contributed by atoms with van der Waals surface area (Å²) in [5, 5.41) is 2.89. The molecule has 1 heterocycles. The molecule has 1 aliphatic heterocycles. The summed E-state index contributed by atoms with van der Waals surface area (Å²) >= 11 is 0. The average molecular weight is 298 g/mol. The maximum absolute atomic E-state index is 13.4.